The van der Waals surface area contributed by atoms with E-state index in [0.717, 1.165) is 43.5 Å². The van der Waals surface area contributed by atoms with Crippen LogP contribution in [0.1, 0.15) is 37.3 Å². The summed E-state index contributed by atoms with van der Waals surface area (Å²) in [4.78, 5) is 25.5. The standard InChI is InChI=1S/C17H23NO3/c1-13(19)16-9-5-6-10-18(16)12-15-8-4-3-7-14(15)11-17(20)21-2/h3-4,7-8,16H,5-6,9-12H2,1-2H3. The first-order valence-electron chi connectivity index (χ1n) is 7.50. The number of hydrogen-bond donors (Lipinski definition) is 0. The van der Waals surface area contributed by atoms with Gasteiger partial charge in [-0.15, -0.1) is 0 Å². The predicted octanol–water partition coefficient (Wildman–Crippen LogP) is 2.35. The minimum Gasteiger partial charge on any atom is -0.469 e. The van der Waals surface area contributed by atoms with Crippen molar-refractivity contribution in [2.75, 3.05) is 13.7 Å². The molecule has 1 aliphatic heterocycles. The van der Waals surface area contributed by atoms with E-state index in [4.69, 9.17) is 4.74 Å². The van der Waals surface area contributed by atoms with Crippen molar-refractivity contribution < 1.29 is 14.3 Å². The Labute approximate surface area is 126 Å². The molecule has 0 amide bonds. The van der Waals surface area contributed by atoms with Crippen LogP contribution in [0.15, 0.2) is 24.3 Å². The monoisotopic (exact) mass is 289 g/mol. The lowest BCUT2D eigenvalue weighted by molar-refractivity contribution is -0.139. The van der Waals surface area contributed by atoms with Gasteiger partial charge in [-0.2, -0.15) is 0 Å². The zero-order chi connectivity index (χ0) is 15.2. The van der Waals surface area contributed by atoms with Crippen molar-refractivity contribution in [2.45, 2.75) is 45.2 Å². The predicted molar refractivity (Wildman–Crippen MR) is 80.9 cm³/mol. The molecule has 114 valence electrons. The van der Waals surface area contributed by atoms with Gasteiger partial charge < -0.3 is 4.74 Å². The quantitative estimate of drug-likeness (QED) is 0.781. The topological polar surface area (TPSA) is 46.6 Å². The van der Waals surface area contributed by atoms with Crippen molar-refractivity contribution in [1.82, 2.24) is 4.90 Å². The molecule has 1 aliphatic rings. The molecule has 2 rings (SSSR count). The summed E-state index contributed by atoms with van der Waals surface area (Å²) in [6.07, 6.45) is 3.47. The van der Waals surface area contributed by atoms with Gasteiger partial charge in [0.2, 0.25) is 0 Å². The largest absolute Gasteiger partial charge is 0.469 e. The number of ether oxygens (including phenoxy) is 1. The maximum atomic E-state index is 11.8. The number of ketones is 1. The molecule has 1 fully saturated rings. The zero-order valence-electron chi connectivity index (χ0n) is 12.8. The molecule has 0 spiro atoms. The number of carbonyl (C=O) groups is 2. The summed E-state index contributed by atoms with van der Waals surface area (Å²) in [6, 6.07) is 7.91. The average Bonchev–Trinajstić information content (AvgIpc) is 2.49. The maximum absolute atomic E-state index is 11.8. The lowest BCUT2D eigenvalue weighted by atomic mass is 9.97. The maximum Gasteiger partial charge on any atom is 0.309 e. The summed E-state index contributed by atoms with van der Waals surface area (Å²) in [5.74, 6) is 0.00404. The second-order valence-corrected chi connectivity index (χ2v) is 5.61. The number of nitrogens with zero attached hydrogens (tertiary/aromatic N) is 1. The molecule has 1 aromatic rings. The van der Waals surface area contributed by atoms with E-state index in [9.17, 15) is 9.59 Å². The van der Waals surface area contributed by atoms with Gasteiger partial charge in [-0.1, -0.05) is 30.7 Å². The van der Waals surface area contributed by atoms with Gasteiger partial charge >= 0.3 is 5.97 Å². The van der Waals surface area contributed by atoms with E-state index in [1.807, 2.05) is 24.3 Å². The summed E-state index contributed by atoms with van der Waals surface area (Å²) in [5.41, 5.74) is 2.09. The Balaban J connectivity index is 2.14. The summed E-state index contributed by atoms with van der Waals surface area (Å²) in [7, 11) is 1.40. The number of benzene rings is 1. The van der Waals surface area contributed by atoms with Crippen LogP contribution in [0.25, 0.3) is 0 Å². The highest BCUT2D eigenvalue weighted by Crippen LogP contribution is 2.22. The van der Waals surface area contributed by atoms with Gasteiger partial charge in [-0.05, 0) is 37.4 Å². The number of carbonyl (C=O) groups excluding carboxylic acids is 2. The van der Waals surface area contributed by atoms with E-state index >= 15 is 0 Å². The molecule has 1 aromatic carbocycles. The number of methoxy groups -OCH3 is 1. The van der Waals surface area contributed by atoms with E-state index in [2.05, 4.69) is 4.90 Å². The average molecular weight is 289 g/mol. The van der Waals surface area contributed by atoms with Gasteiger partial charge in [0.05, 0.1) is 19.6 Å². The molecule has 4 heteroatoms. The normalized spacial score (nSPS) is 19.2. The molecule has 4 nitrogen and oxygen atoms in total. The minimum atomic E-state index is -0.232. The van der Waals surface area contributed by atoms with Crippen molar-refractivity contribution in [1.29, 1.82) is 0 Å². The van der Waals surface area contributed by atoms with Crippen LogP contribution in [-0.2, 0) is 27.3 Å². The molecular formula is C17H23NO3. The molecular weight excluding hydrogens is 266 g/mol. The molecule has 1 atom stereocenters. The van der Waals surface area contributed by atoms with Crippen LogP contribution >= 0.6 is 0 Å². The highest BCUT2D eigenvalue weighted by atomic mass is 16.5. The molecule has 0 aliphatic carbocycles. The fourth-order valence-electron chi connectivity index (χ4n) is 2.97. The van der Waals surface area contributed by atoms with Crippen molar-refractivity contribution in [3.05, 3.63) is 35.4 Å². The SMILES string of the molecule is COC(=O)Cc1ccccc1CN1CCCCC1C(C)=O. The van der Waals surface area contributed by atoms with Crippen molar-refractivity contribution in [3.63, 3.8) is 0 Å². The van der Waals surface area contributed by atoms with Crippen LogP contribution in [0.2, 0.25) is 0 Å². The summed E-state index contributed by atoms with van der Waals surface area (Å²) >= 11 is 0. The molecule has 1 heterocycles. The van der Waals surface area contributed by atoms with E-state index in [1.54, 1.807) is 6.92 Å². The molecule has 0 N–H and O–H groups in total. The summed E-state index contributed by atoms with van der Waals surface area (Å²) in [6.45, 7) is 3.33. The molecule has 1 saturated heterocycles. The van der Waals surface area contributed by atoms with Crippen LogP contribution in [0, 0.1) is 0 Å². The van der Waals surface area contributed by atoms with E-state index in [-0.39, 0.29) is 24.2 Å². The molecule has 0 radical (unpaired) electrons. The second kappa shape index (κ2) is 7.36. The first-order valence-corrected chi connectivity index (χ1v) is 7.50. The number of likely N-dealkylation sites (tertiary alicyclic amines) is 1. The van der Waals surface area contributed by atoms with Crippen LogP contribution in [0.4, 0.5) is 0 Å². The zero-order valence-corrected chi connectivity index (χ0v) is 12.8. The fraction of sp³-hybridized carbons (Fsp3) is 0.529. The van der Waals surface area contributed by atoms with Gasteiger partial charge in [0, 0.05) is 6.54 Å². The Bertz CT molecular complexity index is 513. The van der Waals surface area contributed by atoms with E-state index < -0.39 is 0 Å². The highest BCUT2D eigenvalue weighted by molar-refractivity contribution is 5.81. The van der Waals surface area contributed by atoms with E-state index in [1.165, 1.54) is 7.11 Å². The molecule has 0 bridgehead atoms. The number of esters is 1. The Morgan fingerprint density at radius 3 is 2.62 bits per heavy atom. The van der Waals surface area contributed by atoms with Gasteiger partial charge in [0.1, 0.15) is 5.78 Å². The third-order valence-electron chi connectivity index (χ3n) is 4.14. The lowest BCUT2D eigenvalue weighted by Crippen LogP contribution is -2.43. The van der Waals surface area contributed by atoms with Crippen molar-refractivity contribution >= 4 is 11.8 Å². The van der Waals surface area contributed by atoms with Crippen LogP contribution < -0.4 is 0 Å². The summed E-state index contributed by atoms with van der Waals surface area (Å²) < 4.78 is 4.75. The number of hydrogen-bond acceptors (Lipinski definition) is 4. The number of rotatable bonds is 5. The van der Waals surface area contributed by atoms with Crippen molar-refractivity contribution in [3.8, 4) is 0 Å². The molecule has 1 unspecified atom stereocenters. The van der Waals surface area contributed by atoms with Gasteiger partial charge in [-0.3, -0.25) is 14.5 Å². The first-order chi connectivity index (χ1) is 10.1. The van der Waals surface area contributed by atoms with Gasteiger partial charge in [0.15, 0.2) is 0 Å². The van der Waals surface area contributed by atoms with Crippen LogP contribution in [0.3, 0.4) is 0 Å². The van der Waals surface area contributed by atoms with Gasteiger partial charge in [0.25, 0.3) is 0 Å². The second-order valence-electron chi connectivity index (χ2n) is 5.61. The highest BCUT2D eigenvalue weighted by Gasteiger charge is 2.26. The number of Topliss-reactive ketones (excluding diaryl/α,β-unsaturated/α-hetero) is 1. The Hall–Kier alpha value is -1.68. The van der Waals surface area contributed by atoms with Gasteiger partial charge in [-0.25, -0.2) is 0 Å². The van der Waals surface area contributed by atoms with E-state index in [0.29, 0.717) is 0 Å². The van der Waals surface area contributed by atoms with Crippen LogP contribution in [-0.4, -0.2) is 36.3 Å². The Morgan fingerprint density at radius 1 is 1.24 bits per heavy atom. The molecule has 0 saturated carbocycles. The lowest BCUT2D eigenvalue weighted by Gasteiger charge is -2.34. The Morgan fingerprint density at radius 2 is 1.95 bits per heavy atom. The third-order valence-corrected chi connectivity index (χ3v) is 4.14. The molecule has 21 heavy (non-hydrogen) atoms. The van der Waals surface area contributed by atoms with Crippen molar-refractivity contribution in [2.24, 2.45) is 0 Å². The minimum absolute atomic E-state index is 0.0185. The Kier molecular flexibility index (Phi) is 5.51. The smallest absolute Gasteiger partial charge is 0.309 e. The summed E-state index contributed by atoms with van der Waals surface area (Å²) in [5, 5.41) is 0. The number of piperidine rings is 1. The molecule has 0 aromatic heterocycles. The fourth-order valence-corrected chi connectivity index (χ4v) is 2.97. The first kappa shape index (κ1) is 15.7. The third kappa shape index (κ3) is 4.14. The van der Waals surface area contributed by atoms with Crippen LogP contribution in [0.5, 0.6) is 0 Å².